The van der Waals surface area contributed by atoms with Crippen LogP contribution in [0.15, 0.2) is 153 Å². The predicted octanol–water partition coefficient (Wildman–Crippen LogP) is 8.86. The lowest BCUT2D eigenvalue weighted by Crippen LogP contribution is -2.46. The highest BCUT2D eigenvalue weighted by Gasteiger charge is 2.28. The predicted molar refractivity (Wildman–Crippen MR) is 216 cm³/mol. The molecule has 2 heterocycles. The second-order valence-corrected chi connectivity index (χ2v) is 17.1. The number of halogens is 1. The molecule has 0 bridgehead atoms. The maximum Gasteiger partial charge on any atom is 0.294 e. The van der Waals surface area contributed by atoms with E-state index < -0.39 is 42.0 Å². The van der Waals surface area contributed by atoms with Crippen LogP contribution in [0.5, 0.6) is 0 Å². The Morgan fingerprint density at radius 1 is 0.804 bits per heavy atom. The molecule has 0 atom stereocenters. The van der Waals surface area contributed by atoms with Gasteiger partial charge in [-0.05, 0) is 77.4 Å². The molecule has 13 nitrogen and oxygen atoms in total. The number of hydrogen-bond donors (Lipinski definition) is 4. The van der Waals surface area contributed by atoms with Crippen LogP contribution in [0.3, 0.4) is 0 Å². The number of carbonyl (C=O) groups excluding carboxylic acids is 1. The Kier molecular flexibility index (Phi) is 11.2. The van der Waals surface area contributed by atoms with E-state index in [1.54, 1.807) is 30.3 Å². The number of rotatable bonds is 12. The fourth-order valence-corrected chi connectivity index (χ4v) is 8.96. The van der Waals surface area contributed by atoms with E-state index in [0.29, 0.717) is 5.02 Å². The highest BCUT2D eigenvalue weighted by molar-refractivity contribution is 8.24. The molecule has 0 radical (unpaired) electrons. The van der Waals surface area contributed by atoms with Gasteiger partial charge in [-0.15, -0.1) is 10.6 Å². The Balaban J connectivity index is 0.982. The molecule has 6 aromatic rings. The van der Waals surface area contributed by atoms with Crippen molar-refractivity contribution in [1.29, 1.82) is 0 Å². The van der Waals surface area contributed by atoms with Crippen molar-refractivity contribution in [2.45, 2.75) is 21.2 Å². The first-order valence-electron chi connectivity index (χ1n) is 17.3. The molecule has 1 fully saturated rings. The Labute approximate surface area is 329 Å². The van der Waals surface area contributed by atoms with Gasteiger partial charge in [0.2, 0.25) is 0 Å². The van der Waals surface area contributed by atoms with Gasteiger partial charge in [-0.1, -0.05) is 66.2 Å². The second-order valence-electron chi connectivity index (χ2n) is 13.0. The summed E-state index contributed by atoms with van der Waals surface area (Å²) >= 11 is 6.10. The van der Waals surface area contributed by atoms with E-state index in [4.69, 9.17) is 16.0 Å². The lowest BCUT2D eigenvalue weighted by molar-refractivity contribution is -0.384. The quantitative estimate of drug-likeness (QED) is 0.0685. The second kappa shape index (κ2) is 16.2. The fraction of sp³-hybridized carbons (Fsp3) is 0.125. The average Bonchev–Trinajstić information content (AvgIpc) is 3.68. The van der Waals surface area contributed by atoms with Crippen LogP contribution in [0, 0.1) is 10.1 Å². The Hall–Kier alpha value is -5.68. The van der Waals surface area contributed by atoms with Crippen LogP contribution in [0.2, 0.25) is 5.02 Å². The SMILES string of the molecule is O=C(NS(=O)(=O)c1ccc(Nc2cocc2S(O)(O)c2ccccc2)c([N+](=O)[O-])c1)c1ccc(N2CCN(Cc3ccccc3-c3ccc(Cl)cc3)CC2)cc1. The van der Waals surface area contributed by atoms with Crippen LogP contribution in [0.4, 0.5) is 22.7 Å². The molecular formula is C40H36ClN5O8S2. The van der Waals surface area contributed by atoms with Gasteiger partial charge in [0, 0.05) is 55.1 Å². The number of anilines is 3. The molecule has 16 heteroatoms. The van der Waals surface area contributed by atoms with Gasteiger partial charge in [0.1, 0.15) is 28.8 Å². The molecule has 7 rings (SSSR count). The van der Waals surface area contributed by atoms with Gasteiger partial charge < -0.3 is 14.6 Å². The number of carbonyl (C=O) groups is 1. The molecule has 0 saturated carbocycles. The number of furan rings is 1. The van der Waals surface area contributed by atoms with Crippen LogP contribution in [-0.2, 0) is 16.6 Å². The minimum atomic E-state index is -4.54. The molecular weight excluding hydrogens is 778 g/mol. The zero-order valence-electron chi connectivity index (χ0n) is 29.6. The van der Waals surface area contributed by atoms with Gasteiger partial charge in [0.25, 0.3) is 21.6 Å². The van der Waals surface area contributed by atoms with Crippen LogP contribution in [0.1, 0.15) is 15.9 Å². The normalized spacial score (nSPS) is 13.9. The van der Waals surface area contributed by atoms with E-state index in [1.807, 2.05) is 41.1 Å². The maximum absolute atomic E-state index is 13.3. The van der Waals surface area contributed by atoms with E-state index in [-0.39, 0.29) is 26.7 Å². The van der Waals surface area contributed by atoms with Gasteiger partial charge in [0.15, 0.2) is 0 Å². The number of nitrogens with one attached hydrogen (secondary N) is 2. The number of amides is 1. The highest BCUT2D eigenvalue weighted by atomic mass is 35.5. The minimum Gasteiger partial charge on any atom is -0.468 e. The summed E-state index contributed by atoms with van der Waals surface area (Å²) in [6.07, 6.45) is 2.26. The fourth-order valence-electron chi connectivity index (χ4n) is 6.45. The number of piperazine rings is 1. The topological polar surface area (TPSA) is 178 Å². The summed E-state index contributed by atoms with van der Waals surface area (Å²) in [4.78, 5) is 28.6. The van der Waals surface area contributed by atoms with Gasteiger partial charge in [-0.2, -0.15) is 0 Å². The van der Waals surface area contributed by atoms with Gasteiger partial charge in [-0.25, -0.2) is 13.1 Å². The molecule has 0 aliphatic carbocycles. The molecule has 56 heavy (non-hydrogen) atoms. The van der Waals surface area contributed by atoms with Crippen LogP contribution in [-0.4, -0.2) is 59.4 Å². The largest absolute Gasteiger partial charge is 0.468 e. The molecule has 1 saturated heterocycles. The van der Waals surface area contributed by atoms with Gasteiger partial charge >= 0.3 is 0 Å². The first-order valence-corrected chi connectivity index (χ1v) is 20.7. The Morgan fingerprint density at radius 2 is 1.48 bits per heavy atom. The highest BCUT2D eigenvalue weighted by Crippen LogP contribution is 2.58. The van der Waals surface area contributed by atoms with Crippen molar-refractivity contribution >= 4 is 60.9 Å². The molecule has 5 aromatic carbocycles. The van der Waals surface area contributed by atoms with Crippen molar-refractivity contribution in [3.05, 3.63) is 160 Å². The summed E-state index contributed by atoms with van der Waals surface area (Å²) in [5, 5.41) is 15.5. The summed E-state index contributed by atoms with van der Waals surface area (Å²) in [5.74, 6) is -0.903. The van der Waals surface area contributed by atoms with E-state index in [1.165, 1.54) is 29.8 Å². The molecule has 4 N–H and O–H groups in total. The summed E-state index contributed by atoms with van der Waals surface area (Å²) in [6, 6.07) is 33.8. The third-order valence-electron chi connectivity index (χ3n) is 9.41. The molecule has 1 amide bonds. The molecule has 1 aromatic heterocycles. The van der Waals surface area contributed by atoms with Crippen LogP contribution in [0.25, 0.3) is 11.1 Å². The third kappa shape index (κ3) is 8.43. The number of nitro benzene ring substituents is 1. The zero-order chi connectivity index (χ0) is 39.5. The van der Waals surface area contributed by atoms with Crippen molar-refractivity contribution in [3.63, 3.8) is 0 Å². The van der Waals surface area contributed by atoms with E-state index >= 15 is 0 Å². The molecule has 1 aliphatic heterocycles. The Bertz CT molecular complexity index is 2470. The molecule has 288 valence electrons. The summed E-state index contributed by atoms with van der Waals surface area (Å²) in [6.45, 7) is 3.93. The van der Waals surface area contributed by atoms with E-state index in [0.717, 1.165) is 80.3 Å². The lowest BCUT2D eigenvalue weighted by atomic mass is 9.99. The average molecular weight is 814 g/mol. The van der Waals surface area contributed by atoms with Crippen molar-refractivity contribution in [2.24, 2.45) is 0 Å². The summed E-state index contributed by atoms with van der Waals surface area (Å²) in [7, 11) is -8.10. The zero-order valence-corrected chi connectivity index (χ0v) is 32.0. The maximum atomic E-state index is 13.3. The van der Waals surface area contributed by atoms with Crippen LogP contribution >= 0.6 is 22.2 Å². The van der Waals surface area contributed by atoms with Crippen molar-refractivity contribution in [1.82, 2.24) is 9.62 Å². The number of nitro groups is 1. The van der Waals surface area contributed by atoms with Crippen LogP contribution < -0.4 is 14.9 Å². The first kappa shape index (κ1) is 38.6. The standard InChI is InChI=1S/C40H36ClN5O8S2/c41-31-14-10-28(11-15-31)35-9-5-4-6-30(35)25-44-20-22-45(23-21-44)32-16-12-29(13-17-32)40(47)43-56(52,53)34-18-19-36(38(24-34)46(48)49)42-37-26-54-27-39(37)55(50,51)33-7-2-1-3-8-33/h1-19,24,26-27,42,50-51H,20-23,25H2,(H,43,47). The number of hydrogen-bond acceptors (Lipinski definition) is 11. The Morgan fingerprint density at radius 3 is 2.18 bits per heavy atom. The molecule has 0 spiro atoms. The summed E-state index contributed by atoms with van der Waals surface area (Å²) < 4.78 is 55.7. The summed E-state index contributed by atoms with van der Waals surface area (Å²) in [5.41, 5.74) is 3.71. The van der Waals surface area contributed by atoms with Crippen molar-refractivity contribution in [3.8, 4) is 11.1 Å². The van der Waals surface area contributed by atoms with E-state index in [9.17, 15) is 32.4 Å². The van der Waals surface area contributed by atoms with Gasteiger partial charge in [0.05, 0.1) is 14.7 Å². The lowest BCUT2D eigenvalue weighted by Gasteiger charge is -2.36. The molecule has 1 aliphatic rings. The van der Waals surface area contributed by atoms with E-state index in [2.05, 4.69) is 27.2 Å². The third-order valence-corrected chi connectivity index (χ3v) is 12.9. The number of benzene rings is 5. The monoisotopic (exact) mass is 813 g/mol. The van der Waals surface area contributed by atoms with Crippen molar-refractivity contribution < 1.29 is 31.7 Å². The number of sulfonamides is 1. The minimum absolute atomic E-state index is 0.0298. The molecule has 0 unspecified atom stereocenters. The van der Waals surface area contributed by atoms with Crippen molar-refractivity contribution in [2.75, 3.05) is 36.4 Å². The first-order chi connectivity index (χ1) is 26.9. The van der Waals surface area contributed by atoms with Gasteiger partial charge in [-0.3, -0.25) is 28.9 Å². The number of nitrogens with zero attached hydrogens (tertiary/aromatic N) is 3. The smallest absolute Gasteiger partial charge is 0.294 e.